The van der Waals surface area contributed by atoms with E-state index in [-0.39, 0.29) is 42.3 Å². The maximum Gasteiger partial charge on any atom is 0.471 e. The third-order valence-corrected chi connectivity index (χ3v) is 6.24. The Bertz CT molecular complexity index is 1110. The Hall–Kier alpha value is -2.95. The zero-order valence-electron chi connectivity index (χ0n) is 19.2. The minimum Gasteiger partial charge on any atom is -0.462 e. The smallest absolute Gasteiger partial charge is 0.462 e. The van der Waals surface area contributed by atoms with E-state index in [0.29, 0.717) is 5.56 Å². The number of hydrogen-bond donors (Lipinski definition) is 2. The molecule has 190 valence electrons. The topological polar surface area (TPSA) is 96.9 Å². The van der Waals surface area contributed by atoms with E-state index in [4.69, 9.17) is 16.3 Å². The largest absolute Gasteiger partial charge is 0.471 e. The molecule has 1 saturated carbocycles. The van der Waals surface area contributed by atoms with Crippen LogP contribution in [-0.2, 0) is 19.7 Å². The standard InChI is InChI=1S/C23H24ClF4N3O4/c1-4-35-18(32)16-13(6-5-7-14(16)24)21(3)10-15(25)17(29-11-21)12(2)30-19(33)22(8-9-22)31-20(34)23(26,27)28/h5-7,10,12H,4,8-9,11H2,1-3H3,(H,30,33)(H,31,34)/t12-,21?/m1/s1. The van der Waals surface area contributed by atoms with Crippen LogP contribution in [-0.4, -0.2) is 54.4 Å². The predicted molar refractivity (Wildman–Crippen MR) is 120 cm³/mol. The molecule has 7 nitrogen and oxygen atoms in total. The van der Waals surface area contributed by atoms with Crippen molar-refractivity contribution < 1.29 is 36.7 Å². The summed E-state index contributed by atoms with van der Waals surface area (Å²) in [5.74, 6) is -4.50. The van der Waals surface area contributed by atoms with E-state index in [1.165, 1.54) is 19.1 Å². The highest BCUT2D eigenvalue weighted by Gasteiger charge is 2.55. The van der Waals surface area contributed by atoms with Crippen molar-refractivity contribution >= 4 is 35.1 Å². The molecule has 1 heterocycles. The average Bonchev–Trinajstić information content (AvgIpc) is 3.53. The Morgan fingerprint density at radius 1 is 1.26 bits per heavy atom. The number of amides is 2. The van der Waals surface area contributed by atoms with Crippen molar-refractivity contribution in [1.29, 1.82) is 0 Å². The second-order valence-electron chi connectivity index (χ2n) is 8.72. The molecule has 2 aliphatic rings. The number of carbonyl (C=O) groups excluding carboxylic acids is 3. The van der Waals surface area contributed by atoms with Gasteiger partial charge in [-0.3, -0.25) is 14.6 Å². The van der Waals surface area contributed by atoms with Crippen molar-refractivity contribution in [2.24, 2.45) is 4.99 Å². The van der Waals surface area contributed by atoms with Crippen LogP contribution in [0.1, 0.15) is 49.5 Å². The van der Waals surface area contributed by atoms with Gasteiger partial charge in [0.15, 0.2) is 0 Å². The van der Waals surface area contributed by atoms with Crippen molar-refractivity contribution in [1.82, 2.24) is 10.6 Å². The highest BCUT2D eigenvalue weighted by atomic mass is 35.5. The highest BCUT2D eigenvalue weighted by Crippen LogP contribution is 2.38. The number of halogens is 5. The molecule has 2 amide bonds. The minimum atomic E-state index is -5.13. The minimum absolute atomic E-state index is 0.00133. The van der Waals surface area contributed by atoms with Crippen LogP contribution in [0.4, 0.5) is 17.6 Å². The number of esters is 1. The Morgan fingerprint density at radius 2 is 1.91 bits per heavy atom. The van der Waals surface area contributed by atoms with E-state index in [1.54, 1.807) is 31.3 Å². The number of hydrogen-bond acceptors (Lipinski definition) is 5. The lowest BCUT2D eigenvalue weighted by Gasteiger charge is -2.32. The van der Waals surface area contributed by atoms with E-state index in [1.807, 2.05) is 0 Å². The van der Waals surface area contributed by atoms with Crippen LogP contribution in [0, 0.1) is 0 Å². The van der Waals surface area contributed by atoms with Gasteiger partial charge in [0.1, 0.15) is 11.4 Å². The van der Waals surface area contributed by atoms with Gasteiger partial charge in [0.25, 0.3) is 0 Å². The third kappa shape index (κ3) is 5.50. The van der Waals surface area contributed by atoms with Gasteiger partial charge in [0.05, 0.1) is 35.5 Å². The summed E-state index contributed by atoms with van der Waals surface area (Å²) in [6, 6.07) is 3.76. The van der Waals surface area contributed by atoms with E-state index in [9.17, 15) is 27.6 Å². The number of alkyl halides is 3. The van der Waals surface area contributed by atoms with Crippen molar-refractivity contribution in [2.75, 3.05) is 13.2 Å². The summed E-state index contributed by atoms with van der Waals surface area (Å²) in [5, 5.41) is 4.29. The number of dihydropyridines is 1. The van der Waals surface area contributed by atoms with Gasteiger partial charge in [-0.05, 0) is 44.4 Å². The maximum atomic E-state index is 15.2. The van der Waals surface area contributed by atoms with Gasteiger partial charge in [-0.15, -0.1) is 0 Å². The van der Waals surface area contributed by atoms with Crippen LogP contribution in [0.3, 0.4) is 0 Å². The van der Waals surface area contributed by atoms with Crippen LogP contribution in [0.5, 0.6) is 0 Å². The van der Waals surface area contributed by atoms with Gasteiger partial charge in [0.2, 0.25) is 5.91 Å². The molecule has 2 N–H and O–H groups in total. The Morgan fingerprint density at radius 3 is 2.46 bits per heavy atom. The van der Waals surface area contributed by atoms with Crippen LogP contribution < -0.4 is 10.6 Å². The van der Waals surface area contributed by atoms with E-state index < -0.39 is 46.8 Å². The first-order valence-electron chi connectivity index (χ1n) is 10.8. The zero-order chi connectivity index (χ0) is 26.2. The first-order valence-corrected chi connectivity index (χ1v) is 11.2. The molecule has 1 aliphatic carbocycles. The molecule has 12 heteroatoms. The molecule has 1 unspecified atom stereocenters. The SMILES string of the molecule is CCOC(=O)c1c(Cl)cccc1C1(C)C=C(F)C([C@@H](C)NC(=O)C2(NC(=O)C(F)(F)F)CC2)=NC1. The second kappa shape index (κ2) is 9.60. The van der Waals surface area contributed by atoms with E-state index in [2.05, 4.69) is 10.3 Å². The molecular weight excluding hydrogens is 494 g/mol. The quantitative estimate of drug-likeness (QED) is 0.425. The van der Waals surface area contributed by atoms with Gasteiger partial charge >= 0.3 is 18.1 Å². The molecule has 2 atom stereocenters. The van der Waals surface area contributed by atoms with E-state index >= 15 is 4.39 Å². The molecule has 1 aliphatic heterocycles. The summed E-state index contributed by atoms with van der Waals surface area (Å²) in [4.78, 5) is 40.6. The summed E-state index contributed by atoms with van der Waals surface area (Å²) in [6.45, 7) is 4.85. The maximum absolute atomic E-state index is 15.2. The van der Waals surface area contributed by atoms with Gasteiger partial charge in [-0.25, -0.2) is 9.18 Å². The summed E-state index contributed by atoms with van der Waals surface area (Å²) < 4.78 is 58.0. The summed E-state index contributed by atoms with van der Waals surface area (Å²) in [7, 11) is 0. The molecule has 1 aromatic rings. The van der Waals surface area contributed by atoms with Crippen molar-refractivity contribution in [2.45, 2.75) is 56.8 Å². The number of nitrogens with one attached hydrogen (secondary N) is 2. The Balaban J connectivity index is 1.78. The molecule has 35 heavy (non-hydrogen) atoms. The molecular formula is C23H24ClF4N3O4. The predicted octanol–water partition coefficient (Wildman–Crippen LogP) is 3.80. The first-order chi connectivity index (χ1) is 16.2. The fraction of sp³-hybridized carbons (Fsp3) is 0.478. The highest BCUT2D eigenvalue weighted by molar-refractivity contribution is 6.33. The van der Waals surface area contributed by atoms with Crippen LogP contribution >= 0.6 is 11.6 Å². The third-order valence-electron chi connectivity index (χ3n) is 5.93. The molecule has 1 aromatic carbocycles. The second-order valence-corrected chi connectivity index (χ2v) is 9.13. The molecule has 0 saturated heterocycles. The fourth-order valence-corrected chi connectivity index (χ4v) is 4.12. The van der Waals surface area contributed by atoms with E-state index in [0.717, 1.165) is 0 Å². The summed E-state index contributed by atoms with van der Waals surface area (Å²) >= 11 is 6.23. The lowest BCUT2D eigenvalue weighted by molar-refractivity contribution is -0.175. The Labute approximate surface area is 203 Å². The first kappa shape index (κ1) is 26.7. The number of nitrogens with zero attached hydrogens (tertiary/aromatic N) is 1. The van der Waals surface area contributed by atoms with Crippen molar-refractivity contribution in [3.05, 3.63) is 46.3 Å². The van der Waals surface area contributed by atoms with Crippen molar-refractivity contribution in [3.8, 4) is 0 Å². The van der Waals surface area contributed by atoms with Crippen LogP contribution in [0.15, 0.2) is 35.1 Å². The zero-order valence-corrected chi connectivity index (χ0v) is 19.9. The Kier molecular flexibility index (Phi) is 7.31. The van der Waals surface area contributed by atoms with Gasteiger partial charge < -0.3 is 15.4 Å². The number of aliphatic imine (C=N–C) groups is 1. The van der Waals surface area contributed by atoms with Crippen molar-refractivity contribution in [3.63, 3.8) is 0 Å². The molecule has 0 spiro atoms. The van der Waals surface area contributed by atoms with Crippen LogP contribution in [0.25, 0.3) is 0 Å². The lowest BCUT2D eigenvalue weighted by atomic mass is 9.77. The number of ether oxygens (including phenoxy) is 1. The average molecular weight is 518 g/mol. The van der Waals surface area contributed by atoms with Crippen LogP contribution in [0.2, 0.25) is 5.02 Å². The molecule has 0 bridgehead atoms. The number of rotatable bonds is 7. The molecule has 0 radical (unpaired) electrons. The van der Waals surface area contributed by atoms with Gasteiger partial charge in [-0.2, -0.15) is 13.2 Å². The summed E-state index contributed by atoms with van der Waals surface area (Å²) in [6.07, 6.45) is -3.81. The molecule has 3 rings (SSSR count). The number of benzene rings is 1. The molecule has 1 fully saturated rings. The van der Waals surface area contributed by atoms with Gasteiger partial charge in [0, 0.05) is 5.41 Å². The monoisotopic (exact) mass is 517 g/mol. The molecule has 0 aromatic heterocycles. The van der Waals surface area contributed by atoms with Gasteiger partial charge in [-0.1, -0.05) is 30.7 Å². The lowest BCUT2D eigenvalue weighted by Crippen LogP contribution is -2.55. The number of carbonyl (C=O) groups is 3. The fourth-order valence-electron chi connectivity index (χ4n) is 3.87. The normalized spacial score (nSPS) is 21.8. The summed E-state index contributed by atoms with van der Waals surface area (Å²) in [5.41, 5.74) is -2.36.